The van der Waals surface area contributed by atoms with Crippen LogP contribution < -0.4 is 10.6 Å². The number of ketones is 1. The second kappa shape index (κ2) is 9.06. The highest BCUT2D eigenvalue weighted by Gasteiger charge is 2.58. The maximum atomic E-state index is 13.7. The highest BCUT2D eigenvalue weighted by molar-refractivity contribution is 6.43. The van der Waals surface area contributed by atoms with Gasteiger partial charge < -0.3 is 25.4 Å². The third kappa shape index (κ3) is 4.48. The number of nitrogens with zero attached hydrogens (tertiary/aromatic N) is 1. The van der Waals surface area contributed by atoms with Gasteiger partial charge in [0.15, 0.2) is 0 Å². The van der Waals surface area contributed by atoms with E-state index in [1.54, 1.807) is 20.8 Å². The fraction of sp³-hybridized carbons (Fsp3) is 0.536. The first-order valence-electron chi connectivity index (χ1n) is 12.9. The summed E-state index contributed by atoms with van der Waals surface area (Å²) < 4.78 is 15.2. The number of Topliss-reactive ketones (excluding diaryl/α,β-unsaturated/α-hetero) is 1. The minimum Gasteiger partial charge on any atom is -0.395 e. The molecule has 6 rings (SSSR count). The zero-order valence-electron chi connectivity index (χ0n) is 21.5. The third-order valence-electron chi connectivity index (χ3n) is 8.56. The van der Waals surface area contributed by atoms with Gasteiger partial charge in [-0.15, -0.1) is 0 Å². The van der Waals surface area contributed by atoms with E-state index in [9.17, 15) is 29.0 Å². The summed E-state index contributed by atoms with van der Waals surface area (Å²) in [5.74, 6) is -1.72. The van der Waals surface area contributed by atoms with Crippen LogP contribution in [0.15, 0.2) is 18.2 Å². The molecule has 4 saturated carbocycles. The number of nitrogens with one attached hydrogen (secondary N) is 2. The summed E-state index contributed by atoms with van der Waals surface area (Å²) in [7, 11) is 0. The van der Waals surface area contributed by atoms with Gasteiger partial charge in [-0.25, -0.2) is 4.39 Å². The minimum atomic E-state index is -0.784. The van der Waals surface area contributed by atoms with Crippen molar-refractivity contribution >= 4 is 23.3 Å². The molecule has 2 amide bonds. The molecule has 37 heavy (non-hydrogen) atoms. The number of aliphatic hydroxyl groups excluding tert-OH is 1. The molecule has 9 heteroatoms. The number of rotatable bonds is 7. The van der Waals surface area contributed by atoms with Crippen molar-refractivity contribution in [3.63, 3.8) is 0 Å². The van der Waals surface area contributed by atoms with Gasteiger partial charge in [0.1, 0.15) is 5.82 Å². The first-order valence-corrected chi connectivity index (χ1v) is 12.9. The Morgan fingerprint density at radius 2 is 1.78 bits per heavy atom. The lowest BCUT2D eigenvalue weighted by molar-refractivity contribution is -0.149. The van der Waals surface area contributed by atoms with Gasteiger partial charge in [0.05, 0.1) is 23.5 Å². The SMILES string of the molecule is Cc1cc(NC(=O)c2c(C)c(C(=O)C(=O)NC34CC5CC(CC(O)(C5)C3)C4)n(CCO)c2C)ccc1F. The molecule has 0 spiro atoms. The van der Waals surface area contributed by atoms with Crippen LogP contribution in [-0.2, 0) is 11.3 Å². The van der Waals surface area contributed by atoms with Crippen LogP contribution in [0.2, 0.25) is 0 Å². The summed E-state index contributed by atoms with van der Waals surface area (Å²) in [4.78, 5) is 40.1. The van der Waals surface area contributed by atoms with Crippen LogP contribution >= 0.6 is 0 Å². The molecule has 8 nitrogen and oxygen atoms in total. The van der Waals surface area contributed by atoms with Gasteiger partial charge in [-0.3, -0.25) is 14.4 Å². The predicted octanol–water partition coefficient (Wildman–Crippen LogP) is 3.18. The topological polar surface area (TPSA) is 121 Å². The van der Waals surface area contributed by atoms with Gasteiger partial charge in [0.2, 0.25) is 0 Å². The van der Waals surface area contributed by atoms with Gasteiger partial charge in [0, 0.05) is 23.5 Å². The molecule has 4 aliphatic carbocycles. The second-order valence-electron chi connectivity index (χ2n) is 11.5. The highest BCUT2D eigenvalue weighted by Crippen LogP contribution is 2.57. The van der Waals surface area contributed by atoms with Crippen LogP contribution in [0.4, 0.5) is 10.1 Å². The number of aliphatic hydroxyl groups is 2. The number of halogens is 1. The molecule has 4 fully saturated rings. The molecule has 1 heterocycles. The van der Waals surface area contributed by atoms with E-state index in [1.807, 2.05) is 0 Å². The fourth-order valence-corrected chi connectivity index (χ4v) is 7.58. The lowest BCUT2D eigenvalue weighted by Gasteiger charge is -2.60. The highest BCUT2D eigenvalue weighted by atomic mass is 19.1. The quantitative estimate of drug-likeness (QED) is 0.336. The van der Waals surface area contributed by atoms with Crippen LogP contribution in [0.3, 0.4) is 0 Å². The van der Waals surface area contributed by atoms with Gasteiger partial charge in [-0.2, -0.15) is 0 Å². The number of hydrogen-bond donors (Lipinski definition) is 4. The molecule has 0 saturated heterocycles. The van der Waals surface area contributed by atoms with Gasteiger partial charge in [-0.1, -0.05) is 0 Å². The summed E-state index contributed by atoms with van der Waals surface area (Å²) in [6.07, 6.45) is 4.51. The lowest BCUT2D eigenvalue weighted by Crippen LogP contribution is -2.66. The Hall–Kier alpha value is -3.04. The van der Waals surface area contributed by atoms with E-state index in [-0.39, 0.29) is 30.2 Å². The molecular weight excluding hydrogens is 477 g/mol. The number of benzene rings is 1. The lowest BCUT2D eigenvalue weighted by atomic mass is 9.51. The molecule has 1 aromatic carbocycles. The molecule has 1 aromatic heterocycles. The van der Waals surface area contributed by atoms with E-state index in [1.165, 1.54) is 22.8 Å². The van der Waals surface area contributed by atoms with Gasteiger partial charge >= 0.3 is 0 Å². The average Bonchev–Trinajstić information content (AvgIpc) is 3.03. The van der Waals surface area contributed by atoms with Crippen LogP contribution in [0.5, 0.6) is 0 Å². The Balaban J connectivity index is 1.42. The Morgan fingerprint density at radius 3 is 2.38 bits per heavy atom. The number of aromatic nitrogens is 1. The first-order chi connectivity index (χ1) is 17.4. The number of carbonyl (C=O) groups excluding carboxylic acids is 3. The number of aryl methyl sites for hydroxylation is 1. The van der Waals surface area contributed by atoms with E-state index in [4.69, 9.17) is 0 Å². The fourth-order valence-electron chi connectivity index (χ4n) is 7.58. The zero-order valence-corrected chi connectivity index (χ0v) is 21.5. The van der Waals surface area contributed by atoms with Crippen molar-refractivity contribution in [2.45, 2.75) is 77.0 Å². The van der Waals surface area contributed by atoms with Gasteiger partial charge in [0.25, 0.3) is 17.6 Å². The number of carbonyl (C=O) groups is 3. The van der Waals surface area contributed by atoms with Crippen LogP contribution in [0, 0.1) is 38.4 Å². The second-order valence-corrected chi connectivity index (χ2v) is 11.5. The summed E-state index contributed by atoms with van der Waals surface area (Å²) in [6.45, 7) is 4.63. The van der Waals surface area contributed by atoms with Crippen molar-refractivity contribution < 1.29 is 29.0 Å². The van der Waals surface area contributed by atoms with E-state index in [0.29, 0.717) is 40.8 Å². The van der Waals surface area contributed by atoms with Crippen LogP contribution in [0.25, 0.3) is 0 Å². The normalized spacial score (nSPS) is 27.8. The first kappa shape index (κ1) is 25.6. The maximum Gasteiger partial charge on any atom is 0.294 e. The molecule has 0 aliphatic heterocycles. The predicted molar refractivity (Wildman–Crippen MR) is 135 cm³/mol. The van der Waals surface area contributed by atoms with E-state index < -0.39 is 28.7 Å². The minimum absolute atomic E-state index is 0.0407. The van der Waals surface area contributed by atoms with Crippen molar-refractivity contribution in [2.75, 3.05) is 11.9 Å². The molecule has 4 aliphatic rings. The molecule has 0 radical (unpaired) electrons. The number of hydrogen-bond acceptors (Lipinski definition) is 5. The largest absolute Gasteiger partial charge is 0.395 e. The Labute approximate surface area is 215 Å². The summed E-state index contributed by atoms with van der Waals surface area (Å²) in [6, 6.07) is 4.23. The zero-order chi connectivity index (χ0) is 26.7. The van der Waals surface area contributed by atoms with Crippen molar-refractivity contribution in [2.24, 2.45) is 11.8 Å². The third-order valence-corrected chi connectivity index (χ3v) is 8.56. The van der Waals surface area contributed by atoms with E-state index >= 15 is 0 Å². The average molecular weight is 512 g/mol. The van der Waals surface area contributed by atoms with Crippen molar-refractivity contribution in [1.82, 2.24) is 9.88 Å². The van der Waals surface area contributed by atoms with Crippen molar-refractivity contribution in [3.8, 4) is 0 Å². The number of amides is 2. The molecule has 2 unspecified atom stereocenters. The van der Waals surface area contributed by atoms with Crippen molar-refractivity contribution in [1.29, 1.82) is 0 Å². The summed E-state index contributed by atoms with van der Waals surface area (Å²) in [5, 5.41) is 26.4. The smallest absolute Gasteiger partial charge is 0.294 e. The number of anilines is 1. The molecule has 198 valence electrons. The molecule has 2 aromatic rings. The molecule has 4 N–H and O–H groups in total. The van der Waals surface area contributed by atoms with Crippen LogP contribution in [-0.4, -0.2) is 50.1 Å². The standard InChI is InChI=1S/C28H34FN3O5/c1-15-8-20(4-5-21(15)29)30-25(35)22-16(2)23(32(6-7-33)17(22)3)24(34)26(36)31-27-10-18-9-19(11-27)13-28(37,12-18)14-27/h4-5,8,18-19,33,37H,6-7,9-14H2,1-3H3,(H,30,35)(H,31,36). The Kier molecular flexibility index (Phi) is 6.27. The van der Waals surface area contributed by atoms with Gasteiger partial charge in [-0.05, 0) is 100 Å². The molecule has 4 bridgehead atoms. The monoisotopic (exact) mass is 511 g/mol. The molecular formula is C28H34FN3O5. The van der Waals surface area contributed by atoms with E-state index in [2.05, 4.69) is 10.6 Å². The van der Waals surface area contributed by atoms with Crippen molar-refractivity contribution in [3.05, 3.63) is 52.1 Å². The Morgan fingerprint density at radius 1 is 1.11 bits per heavy atom. The maximum absolute atomic E-state index is 13.7. The molecule has 2 atom stereocenters. The summed E-state index contributed by atoms with van der Waals surface area (Å²) >= 11 is 0. The Bertz CT molecular complexity index is 1290. The van der Waals surface area contributed by atoms with E-state index in [0.717, 1.165) is 32.1 Å². The summed E-state index contributed by atoms with van der Waals surface area (Å²) in [5.41, 5.74) is 0.490. The van der Waals surface area contributed by atoms with Crippen LogP contribution in [0.1, 0.15) is 76.2 Å².